The number of nitrogens with one attached hydrogen (secondary N) is 2. The smallest absolute Gasteiger partial charge is 0.147 e. The topological polar surface area (TPSA) is 36.5 Å². The first-order valence-corrected chi connectivity index (χ1v) is 8.50. The molecule has 0 saturated carbocycles. The molecule has 4 nitrogen and oxygen atoms in total. The van der Waals surface area contributed by atoms with Crippen LogP contribution in [0.5, 0.6) is 0 Å². The first kappa shape index (κ1) is 21.8. The molecule has 0 aromatic heterocycles. The number of hydrogen-bond donors (Lipinski definition) is 2. The molecule has 134 valence electrons. The Balaban J connectivity index is 0.000000400. The lowest BCUT2D eigenvalue weighted by Crippen LogP contribution is -2.36. The van der Waals surface area contributed by atoms with Gasteiger partial charge in [-0.05, 0) is 26.0 Å². The quantitative estimate of drug-likeness (QED) is 0.800. The molecule has 0 aromatic rings. The Hall–Kier alpha value is -2.20. The minimum atomic E-state index is 0.839. The van der Waals surface area contributed by atoms with Crippen molar-refractivity contribution in [2.24, 2.45) is 0 Å². The molecule has 0 bridgehead atoms. The monoisotopic (exact) mass is 331 g/mol. The van der Waals surface area contributed by atoms with Crippen LogP contribution in [-0.2, 0) is 4.84 Å². The van der Waals surface area contributed by atoms with Crippen LogP contribution in [0.25, 0.3) is 0 Å². The Morgan fingerprint density at radius 3 is 2.04 bits per heavy atom. The zero-order valence-corrected chi connectivity index (χ0v) is 15.9. The van der Waals surface area contributed by atoms with Gasteiger partial charge in [0.2, 0.25) is 0 Å². The van der Waals surface area contributed by atoms with Crippen LogP contribution < -0.4 is 10.6 Å². The van der Waals surface area contributed by atoms with Crippen molar-refractivity contribution in [3.63, 3.8) is 0 Å². The second-order valence-corrected chi connectivity index (χ2v) is 4.83. The van der Waals surface area contributed by atoms with Gasteiger partial charge in [0.25, 0.3) is 0 Å². The van der Waals surface area contributed by atoms with E-state index in [4.69, 9.17) is 4.84 Å². The first-order valence-electron chi connectivity index (χ1n) is 8.50. The van der Waals surface area contributed by atoms with Crippen LogP contribution in [0.1, 0.15) is 27.7 Å². The van der Waals surface area contributed by atoms with Crippen molar-refractivity contribution in [1.29, 1.82) is 0 Å². The fourth-order valence-electron chi connectivity index (χ4n) is 2.20. The zero-order chi connectivity index (χ0) is 18.4. The molecule has 2 saturated heterocycles. The highest BCUT2D eigenvalue weighted by Gasteiger charge is 2.18. The molecule has 4 heteroatoms. The molecule has 2 rings (SSSR count). The zero-order valence-electron chi connectivity index (χ0n) is 15.9. The maximum absolute atomic E-state index is 5.35. The predicted molar refractivity (Wildman–Crippen MR) is 105 cm³/mol. The number of hydroxylamine groups is 2. The fourth-order valence-corrected chi connectivity index (χ4v) is 2.20. The minimum absolute atomic E-state index is 0.839. The minimum Gasteiger partial charge on any atom is -0.406 e. The molecule has 2 aliphatic heterocycles. The number of hydrogen-bond acceptors (Lipinski definition) is 4. The average molecular weight is 332 g/mol. The van der Waals surface area contributed by atoms with Gasteiger partial charge in [-0.1, -0.05) is 51.3 Å². The summed E-state index contributed by atoms with van der Waals surface area (Å²) in [6.45, 7) is 18.1. The summed E-state index contributed by atoms with van der Waals surface area (Å²) in [6, 6.07) is 0. The average Bonchev–Trinajstić information content (AvgIpc) is 2.98. The predicted octanol–water partition coefficient (Wildman–Crippen LogP) is 4.06. The summed E-state index contributed by atoms with van der Waals surface area (Å²) in [5.41, 5.74) is 3.48. The van der Waals surface area contributed by atoms with Crippen molar-refractivity contribution < 1.29 is 4.84 Å². The molecule has 0 unspecified atom stereocenters. The van der Waals surface area contributed by atoms with E-state index in [9.17, 15) is 0 Å². The van der Waals surface area contributed by atoms with Crippen molar-refractivity contribution >= 4 is 0 Å². The van der Waals surface area contributed by atoms with Crippen LogP contribution >= 0.6 is 0 Å². The van der Waals surface area contributed by atoms with Crippen LogP contribution in [0.2, 0.25) is 0 Å². The van der Waals surface area contributed by atoms with Gasteiger partial charge >= 0.3 is 0 Å². The van der Waals surface area contributed by atoms with Gasteiger partial charge in [-0.3, -0.25) is 0 Å². The van der Waals surface area contributed by atoms with E-state index in [1.165, 1.54) is 5.57 Å². The summed E-state index contributed by atoms with van der Waals surface area (Å²) in [5.74, 6) is 0.937. The SMILES string of the molecule is C=C/C=C1/CN(C)O/C1=C/C.C=C/C=C1/NCCN/C1=C/C.CC. The third kappa shape index (κ3) is 7.38. The van der Waals surface area contributed by atoms with Crippen LogP contribution in [-0.4, -0.2) is 31.7 Å². The normalized spacial score (nSPS) is 23.4. The van der Waals surface area contributed by atoms with E-state index in [1.807, 2.05) is 53.0 Å². The Kier molecular flexibility index (Phi) is 12.0. The van der Waals surface area contributed by atoms with Crippen molar-refractivity contribution in [2.45, 2.75) is 27.7 Å². The second kappa shape index (κ2) is 13.3. The highest BCUT2D eigenvalue weighted by Crippen LogP contribution is 2.21. The van der Waals surface area contributed by atoms with Gasteiger partial charge in [0.05, 0.1) is 17.9 Å². The summed E-state index contributed by atoms with van der Waals surface area (Å²) in [7, 11) is 1.91. The van der Waals surface area contributed by atoms with E-state index in [2.05, 4.69) is 29.9 Å². The van der Waals surface area contributed by atoms with Crippen molar-refractivity contribution in [3.8, 4) is 0 Å². The van der Waals surface area contributed by atoms with Gasteiger partial charge in [-0.15, -0.1) is 5.06 Å². The molecule has 0 spiro atoms. The van der Waals surface area contributed by atoms with Crippen LogP contribution in [0.15, 0.2) is 72.3 Å². The number of piperazine rings is 1. The van der Waals surface area contributed by atoms with Crippen molar-refractivity contribution in [3.05, 3.63) is 72.3 Å². The van der Waals surface area contributed by atoms with E-state index in [1.54, 1.807) is 17.2 Å². The molecule has 0 amide bonds. The number of nitrogens with zero attached hydrogens (tertiary/aromatic N) is 1. The molecule has 2 fully saturated rings. The number of rotatable bonds is 2. The number of likely N-dealkylation sites (N-methyl/N-ethyl adjacent to an activating group) is 1. The number of allylic oxidation sites excluding steroid dienone is 6. The van der Waals surface area contributed by atoms with Gasteiger partial charge < -0.3 is 15.5 Å². The Morgan fingerprint density at radius 1 is 0.958 bits per heavy atom. The molecular formula is C20H33N3O. The van der Waals surface area contributed by atoms with Crippen LogP contribution in [0, 0.1) is 0 Å². The first-order chi connectivity index (χ1) is 11.7. The molecule has 2 aliphatic rings. The molecule has 0 aromatic carbocycles. The maximum Gasteiger partial charge on any atom is 0.147 e. The molecule has 24 heavy (non-hydrogen) atoms. The largest absolute Gasteiger partial charge is 0.406 e. The highest BCUT2D eigenvalue weighted by atomic mass is 16.7. The van der Waals surface area contributed by atoms with Crippen molar-refractivity contribution in [1.82, 2.24) is 15.7 Å². The van der Waals surface area contributed by atoms with E-state index in [0.29, 0.717) is 0 Å². The summed E-state index contributed by atoms with van der Waals surface area (Å²) in [6.07, 6.45) is 11.5. The summed E-state index contributed by atoms with van der Waals surface area (Å²) >= 11 is 0. The summed E-state index contributed by atoms with van der Waals surface area (Å²) in [4.78, 5) is 5.35. The lowest BCUT2D eigenvalue weighted by atomic mass is 10.2. The Bertz CT molecular complexity index is 487. The van der Waals surface area contributed by atoms with E-state index >= 15 is 0 Å². The van der Waals surface area contributed by atoms with Crippen LogP contribution in [0.4, 0.5) is 0 Å². The third-order valence-corrected chi connectivity index (χ3v) is 3.16. The molecular weight excluding hydrogens is 298 g/mol. The van der Waals surface area contributed by atoms with E-state index < -0.39 is 0 Å². The Labute approximate surface area is 147 Å². The summed E-state index contributed by atoms with van der Waals surface area (Å²) in [5, 5.41) is 8.36. The van der Waals surface area contributed by atoms with Gasteiger partial charge in [-0.2, -0.15) is 0 Å². The standard InChI is InChI=1S/C9H14N2.C9H13NO.C2H6/c1-3-5-9-8(4-2)10-6-7-11-9;1-4-6-8-7-10(3)11-9(8)5-2;1-2/h3-5,10-11H,1,6-7H2,2H3;4-6H,1,7H2,2-3H3;1-2H3/b8-4+,9-5+;8-6-,9-5+;. The lowest BCUT2D eigenvalue weighted by molar-refractivity contribution is -0.0539. The molecule has 2 N–H and O–H groups in total. The maximum atomic E-state index is 5.35. The second-order valence-electron chi connectivity index (χ2n) is 4.83. The third-order valence-electron chi connectivity index (χ3n) is 3.16. The molecule has 0 aliphatic carbocycles. The highest BCUT2D eigenvalue weighted by molar-refractivity contribution is 5.32. The van der Waals surface area contributed by atoms with E-state index in [0.717, 1.165) is 36.8 Å². The van der Waals surface area contributed by atoms with Gasteiger partial charge in [-0.25, -0.2) is 0 Å². The fraction of sp³-hybridized carbons (Fsp3) is 0.400. The van der Waals surface area contributed by atoms with Gasteiger partial charge in [0.1, 0.15) is 5.76 Å². The molecule has 0 radical (unpaired) electrons. The van der Waals surface area contributed by atoms with E-state index in [-0.39, 0.29) is 0 Å². The van der Waals surface area contributed by atoms with Crippen LogP contribution in [0.3, 0.4) is 0 Å². The lowest BCUT2D eigenvalue weighted by Gasteiger charge is -2.21. The molecule has 2 heterocycles. The van der Waals surface area contributed by atoms with Gasteiger partial charge in [0, 0.05) is 25.7 Å². The Morgan fingerprint density at radius 2 is 1.54 bits per heavy atom. The molecule has 0 atom stereocenters. The summed E-state index contributed by atoms with van der Waals surface area (Å²) < 4.78 is 0. The van der Waals surface area contributed by atoms with Crippen molar-refractivity contribution in [2.75, 3.05) is 26.7 Å². The van der Waals surface area contributed by atoms with Gasteiger partial charge in [0.15, 0.2) is 0 Å².